The van der Waals surface area contributed by atoms with Gasteiger partial charge < -0.3 is 10.2 Å². The van der Waals surface area contributed by atoms with E-state index in [1.165, 1.54) is 71.0 Å². The van der Waals surface area contributed by atoms with Crippen LogP contribution in [0.1, 0.15) is 72.1 Å². The summed E-state index contributed by atoms with van der Waals surface area (Å²) in [5, 5.41) is 3.78. The highest BCUT2D eigenvalue weighted by molar-refractivity contribution is 4.88. The summed E-state index contributed by atoms with van der Waals surface area (Å²) in [6, 6.07) is 1.76. The molecule has 0 aromatic rings. The van der Waals surface area contributed by atoms with Crippen molar-refractivity contribution in [1.82, 2.24) is 10.2 Å². The molecule has 2 saturated carbocycles. The number of hydrogen-bond acceptors (Lipinski definition) is 2. The van der Waals surface area contributed by atoms with Crippen LogP contribution < -0.4 is 5.32 Å². The molecule has 118 valence electrons. The molecule has 2 aliphatic carbocycles. The van der Waals surface area contributed by atoms with Crippen molar-refractivity contribution in [3.8, 4) is 0 Å². The molecule has 20 heavy (non-hydrogen) atoms. The van der Waals surface area contributed by atoms with Crippen molar-refractivity contribution in [3.05, 3.63) is 0 Å². The first-order valence-electron chi connectivity index (χ1n) is 9.18. The minimum atomic E-state index is 0.820. The molecule has 0 aliphatic heterocycles. The molecule has 2 heteroatoms. The monoisotopic (exact) mass is 280 g/mol. The van der Waals surface area contributed by atoms with Crippen LogP contribution in [0.15, 0.2) is 0 Å². The van der Waals surface area contributed by atoms with Crippen LogP contribution in [-0.2, 0) is 0 Å². The van der Waals surface area contributed by atoms with Gasteiger partial charge in [0, 0.05) is 12.1 Å². The molecule has 2 unspecified atom stereocenters. The van der Waals surface area contributed by atoms with Gasteiger partial charge >= 0.3 is 0 Å². The van der Waals surface area contributed by atoms with E-state index >= 15 is 0 Å². The Balaban J connectivity index is 1.70. The van der Waals surface area contributed by atoms with Gasteiger partial charge in [0.2, 0.25) is 0 Å². The zero-order valence-corrected chi connectivity index (χ0v) is 14.0. The smallest absolute Gasteiger partial charge is 0.00964 e. The molecule has 0 amide bonds. The fourth-order valence-electron chi connectivity index (χ4n) is 3.65. The van der Waals surface area contributed by atoms with Crippen LogP contribution in [0.5, 0.6) is 0 Å². The minimum absolute atomic E-state index is 0.820. The average molecular weight is 280 g/mol. The normalized spacial score (nSPS) is 26.9. The zero-order chi connectivity index (χ0) is 14.4. The first-order chi connectivity index (χ1) is 9.70. The highest BCUT2D eigenvalue weighted by Crippen LogP contribution is 2.32. The largest absolute Gasteiger partial charge is 0.314 e. The fraction of sp³-hybridized carbons (Fsp3) is 1.00. The Labute approximate surface area is 126 Å². The van der Waals surface area contributed by atoms with Crippen LogP contribution in [0.2, 0.25) is 0 Å². The molecular weight excluding hydrogens is 244 g/mol. The summed E-state index contributed by atoms with van der Waals surface area (Å²) in [6.07, 6.45) is 11.3. The Morgan fingerprint density at radius 1 is 1.10 bits per heavy atom. The van der Waals surface area contributed by atoms with Gasteiger partial charge in [0.05, 0.1) is 0 Å². The van der Waals surface area contributed by atoms with Gasteiger partial charge in [-0.05, 0) is 76.4 Å². The molecule has 2 rings (SSSR count). The number of rotatable bonds is 10. The maximum absolute atomic E-state index is 3.78. The van der Waals surface area contributed by atoms with E-state index in [0.717, 1.165) is 23.9 Å². The van der Waals surface area contributed by atoms with Gasteiger partial charge in [-0.25, -0.2) is 0 Å². The van der Waals surface area contributed by atoms with Gasteiger partial charge in [0.15, 0.2) is 0 Å². The molecule has 0 saturated heterocycles. The fourth-order valence-corrected chi connectivity index (χ4v) is 3.65. The zero-order valence-electron chi connectivity index (χ0n) is 14.0. The summed E-state index contributed by atoms with van der Waals surface area (Å²) in [5.41, 5.74) is 0. The van der Waals surface area contributed by atoms with Gasteiger partial charge in [-0.15, -0.1) is 0 Å². The van der Waals surface area contributed by atoms with Crippen molar-refractivity contribution in [2.45, 2.75) is 84.2 Å². The van der Waals surface area contributed by atoms with Crippen LogP contribution >= 0.6 is 0 Å². The second-order valence-electron chi connectivity index (χ2n) is 7.49. The number of nitrogens with one attached hydrogen (secondary N) is 1. The molecule has 2 nitrogen and oxygen atoms in total. The van der Waals surface area contributed by atoms with E-state index in [0.29, 0.717) is 0 Å². The predicted octanol–water partition coefficient (Wildman–Crippen LogP) is 4.06. The maximum atomic E-state index is 3.78. The van der Waals surface area contributed by atoms with Gasteiger partial charge in [-0.3, -0.25) is 0 Å². The van der Waals surface area contributed by atoms with E-state index < -0.39 is 0 Å². The predicted molar refractivity (Wildman–Crippen MR) is 88.1 cm³/mol. The molecule has 0 heterocycles. The van der Waals surface area contributed by atoms with E-state index in [-0.39, 0.29) is 0 Å². The van der Waals surface area contributed by atoms with Crippen LogP contribution in [-0.4, -0.2) is 36.6 Å². The average Bonchev–Trinajstić information content (AvgIpc) is 3.16. The molecular formula is C18H36N2. The van der Waals surface area contributed by atoms with Gasteiger partial charge in [0.1, 0.15) is 0 Å². The Morgan fingerprint density at radius 3 is 2.55 bits per heavy atom. The molecule has 1 N–H and O–H groups in total. The van der Waals surface area contributed by atoms with E-state index in [1.807, 2.05) is 0 Å². The Kier molecular flexibility index (Phi) is 6.83. The Morgan fingerprint density at radius 2 is 1.90 bits per heavy atom. The van der Waals surface area contributed by atoms with Gasteiger partial charge in [-0.2, -0.15) is 0 Å². The van der Waals surface area contributed by atoms with Crippen LogP contribution in [0, 0.1) is 11.8 Å². The summed E-state index contributed by atoms with van der Waals surface area (Å²) >= 11 is 0. The molecule has 0 bridgehead atoms. The second-order valence-corrected chi connectivity index (χ2v) is 7.49. The Bertz CT molecular complexity index is 260. The maximum Gasteiger partial charge on any atom is 0.00964 e. The van der Waals surface area contributed by atoms with E-state index in [1.54, 1.807) is 0 Å². The van der Waals surface area contributed by atoms with E-state index in [2.05, 4.69) is 31.0 Å². The SMILES string of the molecule is CCCNC1CCCC1CCN(CCC(C)C)C1CC1. The van der Waals surface area contributed by atoms with Crippen LogP contribution in [0.4, 0.5) is 0 Å². The first-order valence-corrected chi connectivity index (χ1v) is 9.18. The molecule has 0 spiro atoms. The van der Waals surface area contributed by atoms with Crippen molar-refractivity contribution in [1.29, 1.82) is 0 Å². The highest BCUT2D eigenvalue weighted by atomic mass is 15.2. The number of nitrogens with zero attached hydrogens (tertiary/aromatic N) is 1. The molecule has 0 aromatic heterocycles. The summed E-state index contributed by atoms with van der Waals surface area (Å²) in [6.45, 7) is 10.9. The van der Waals surface area contributed by atoms with Crippen LogP contribution in [0.25, 0.3) is 0 Å². The lowest BCUT2D eigenvalue weighted by Crippen LogP contribution is -2.36. The second kappa shape index (κ2) is 8.38. The standard InChI is InChI=1S/C18H36N2/c1-4-12-19-18-7-5-6-16(18)11-14-20(17-8-9-17)13-10-15(2)3/h15-19H,4-14H2,1-3H3. The van der Waals surface area contributed by atoms with Crippen LogP contribution in [0.3, 0.4) is 0 Å². The third-order valence-electron chi connectivity index (χ3n) is 5.16. The Hall–Kier alpha value is -0.0800. The summed E-state index contributed by atoms with van der Waals surface area (Å²) < 4.78 is 0. The molecule has 0 aromatic carbocycles. The molecule has 2 aliphatic rings. The number of hydrogen-bond donors (Lipinski definition) is 1. The third-order valence-corrected chi connectivity index (χ3v) is 5.16. The van der Waals surface area contributed by atoms with Gasteiger partial charge in [-0.1, -0.05) is 27.2 Å². The van der Waals surface area contributed by atoms with Gasteiger partial charge in [0.25, 0.3) is 0 Å². The topological polar surface area (TPSA) is 15.3 Å². The van der Waals surface area contributed by atoms with E-state index in [4.69, 9.17) is 0 Å². The summed E-state index contributed by atoms with van der Waals surface area (Å²) in [4.78, 5) is 2.80. The van der Waals surface area contributed by atoms with Crippen molar-refractivity contribution in [2.75, 3.05) is 19.6 Å². The molecule has 0 radical (unpaired) electrons. The first kappa shape index (κ1) is 16.3. The summed E-state index contributed by atoms with van der Waals surface area (Å²) in [7, 11) is 0. The van der Waals surface area contributed by atoms with Crippen molar-refractivity contribution >= 4 is 0 Å². The lowest BCUT2D eigenvalue weighted by atomic mass is 9.98. The highest BCUT2D eigenvalue weighted by Gasteiger charge is 2.31. The lowest BCUT2D eigenvalue weighted by molar-refractivity contribution is 0.221. The molecule has 2 atom stereocenters. The van der Waals surface area contributed by atoms with Crippen molar-refractivity contribution in [2.24, 2.45) is 11.8 Å². The summed E-state index contributed by atoms with van der Waals surface area (Å²) in [5.74, 6) is 1.79. The molecule has 2 fully saturated rings. The van der Waals surface area contributed by atoms with Crippen molar-refractivity contribution in [3.63, 3.8) is 0 Å². The van der Waals surface area contributed by atoms with E-state index in [9.17, 15) is 0 Å². The minimum Gasteiger partial charge on any atom is -0.314 e. The lowest BCUT2D eigenvalue weighted by Gasteiger charge is -2.27. The quantitative estimate of drug-likeness (QED) is 0.649. The van der Waals surface area contributed by atoms with Crippen molar-refractivity contribution < 1.29 is 0 Å². The third kappa shape index (κ3) is 5.37.